The van der Waals surface area contributed by atoms with Crippen molar-refractivity contribution in [3.63, 3.8) is 0 Å². The molecule has 2 heterocycles. The normalized spacial score (nSPS) is 19.0. The second kappa shape index (κ2) is 7.31. The van der Waals surface area contributed by atoms with Crippen LogP contribution in [0.4, 0.5) is 0 Å². The van der Waals surface area contributed by atoms with E-state index in [1.54, 1.807) is 0 Å². The molecule has 22 heavy (non-hydrogen) atoms. The fourth-order valence-corrected chi connectivity index (χ4v) is 3.22. The first kappa shape index (κ1) is 15.6. The predicted octanol–water partition coefficient (Wildman–Crippen LogP) is 1.69. The van der Waals surface area contributed by atoms with Crippen LogP contribution in [-0.2, 0) is 6.54 Å². The molecule has 0 bridgehead atoms. The highest BCUT2D eigenvalue weighted by molar-refractivity contribution is 5.44. The van der Waals surface area contributed by atoms with Gasteiger partial charge in [0.15, 0.2) is 11.5 Å². The molecule has 5 nitrogen and oxygen atoms in total. The largest absolute Gasteiger partial charge is 0.454 e. The van der Waals surface area contributed by atoms with Gasteiger partial charge in [-0.25, -0.2) is 0 Å². The van der Waals surface area contributed by atoms with Crippen molar-refractivity contribution in [1.29, 1.82) is 0 Å². The molecule has 0 amide bonds. The molecule has 0 spiro atoms. The van der Waals surface area contributed by atoms with Gasteiger partial charge in [0.05, 0.1) is 6.10 Å². The molecule has 0 saturated carbocycles. The Morgan fingerprint density at radius 3 is 2.77 bits per heavy atom. The van der Waals surface area contributed by atoms with Crippen LogP contribution in [0.3, 0.4) is 0 Å². The van der Waals surface area contributed by atoms with Gasteiger partial charge in [0.25, 0.3) is 0 Å². The number of nitrogens with zero attached hydrogens (tertiary/aromatic N) is 2. The number of rotatable bonds is 7. The van der Waals surface area contributed by atoms with Gasteiger partial charge in [0.1, 0.15) is 0 Å². The molecule has 122 valence electrons. The summed E-state index contributed by atoms with van der Waals surface area (Å²) in [6.45, 7) is 7.95. The maximum absolute atomic E-state index is 10.3. The number of hydrogen-bond donors (Lipinski definition) is 1. The lowest BCUT2D eigenvalue weighted by molar-refractivity contribution is 0.0805. The maximum Gasteiger partial charge on any atom is 0.231 e. The number of aliphatic hydroxyl groups is 1. The van der Waals surface area contributed by atoms with Crippen molar-refractivity contribution in [2.45, 2.75) is 32.4 Å². The first-order chi connectivity index (χ1) is 10.7. The molecule has 1 saturated heterocycles. The number of ether oxygens (including phenoxy) is 2. The van der Waals surface area contributed by atoms with Gasteiger partial charge in [-0.05, 0) is 50.2 Å². The van der Waals surface area contributed by atoms with Gasteiger partial charge in [-0.2, -0.15) is 0 Å². The van der Waals surface area contributed by atoms with E-state index in [-0.39, 0.29) is 6.10 Å². The first-order valence-corrected chi connectivity index (χ1v) is 8.26. The van der Waals surface area contributed by atoms with E-state index in [4.69, 9.17) is 9.47 Å². The Balaban J connectivity index is 1.52. The van der Waals surface area contributed by atoms with Gasteiger partial charge >= 0.3 is 0 Å². The monoisotopic (exact) mass is 306 g/mol. The van der Waals surface area contributed by atoms with Gasteiger partial charge in [0, 0.05) is 19.6 Å². The second-order valence-corrected chi connectivity index (χ2v) is 6.18. The predicted molar refractivity (Wildman–Crippen MR) is 85.2 cm³/mol. The van der Waals surface area contributed by atoms with E-state index in [1.807, 2.05) is 12.1 Å². The Morgan fingerprint density at radius 2 is 2.00 bits per heavy atom. The number of fused-ring (bicyclic) bond motifs is 1. The van der Waals surface area contributed by atoms with Crippen molar-refractivity contribution in [3.05, 3.63) is 23.8 Å². The van der Waals surface area contributed by atoms with Crippen LogP contribution in [-0.4, -0.2) is 60.5 Å². The molecule has 0 unspecified atom stereocenters. The van der Waals surface area contributed by atoms with Crippen molar-refractivity contribution < 1.29 is 14.6 Å². The molecule has 1 aromatic rings. The molecule has 0 aromatic heterocycles. The molecule has 3 rings (SSSR count). The summed E-state index contributed by atoms with van der Waals surface area (Å²) >= 11 is 0. The van der Waals surface area contributed by atoms with Gasteiger partial charge in [-0.1, -0.05) is 13.0 Å². The first-order valence-electron chi connectivity index (χ1n) is 8.26. The zero-order chi connectivity index (χ0) is 15.4. The molecule has 1 N–H and O–H groups in total. The van der Waals surface area contributed by atoms with Crippen LogP contribution >= 0.6 is 0 Å². The van der Waals surface area contributed by atoms with Crippen molar-refractivity contribution in [2.24, 2.45) is 0 Å². The molecule has 1 atom stereocenters. The molecule has 1 fully saturated rings. The van der Waals surface area contributed by atoms with E-state index in [0.29, 0.717) is 13.3 Å². The maximum atomic E-state index is 10.3. The van der Waals surface area contributed by atoms with Crippen molar-refractivity contribution in [2.75, 3.05) is 39.5 Å². The number of β-amino-alcohol motifs (C(OH)–C–C–N with tert-alkyl or cyclic N) is 1. The number of aliphatic hydroxyl groups excluding tert-OH is 1. The highest BCUT2D eigenvalue weighted by Gasteiger charge is 2.19. The summed E-state index contributed by atoms with van der Waals surface area (Å²) in [6.07, 6.45) is 2.25. The SMILES string of the molecule is CCN(Cc1ccc2c(c1)OCO2)C[C@H](O)CN1CCCC1. The summed E-state index contributed by atoms with van der Waals surface area (Å²) in [7, 11) is 0. The zero-order valence-corrected chi connectivity index (χ0v) is 13.3. The van der Waals surface area contributed by atoms with E-state index in [2.05, 4.69) is 22.8 Å². The van der Waals surface area contributed by atoms with Gasteiger partial charge in [-0.15, -0.1) is 0 Å². The fourth-order valence-electron chi connectivity index (χ4n) is 3.22. The van der Waals surface area contributed by atoms with E-state index in [9.17, 15) is 5.11 Å². The number of benzene rings is 1. The van der Waals surface area contributed by atoms with Crippen LogP contribution in [0.5, 0.6) is 11.5 Å². The minimum Gasteiger partial charge on any atom is -0.454 e. The van der Waals surface area contributed by atoms with E-state index >= 15 is 0 Å². The Morgan fingerprint density at radius 1 is 1.23 bits per heavy atom. The molecular formula is C17H26N2O3. The van der Waals surface area contributed by atoms with Crippen molar-refractivity contribution in [1.82, 2.24) is 9.80 Å². The van der Waals surface area contributed by atoms with E-state index in [1.165, 1.54) is 18.4 Å². The number of hydrogen-bond acceptors (Lipinski definition) is 5. The third-order valence-electron chi connectivity index (χ3n) is 4.43. The van der Waals surface area contributed by atoms with Crippen LogP contribution in [0, 0.1) is 0 Å². The Bertz CT molecular complexity index is 489. The lowest BCUT2D eigenvalue weighted by Crippen LogP contribution is -2.39. The molecule has 1 aromatic carbocycles. The Labute approximate surface area is 132 Å². The summed E-state index contributed by atoms with van der Waals surface area (Å²) in [6, 6.07) is 6.08. The van der Waals surface area contributed by atoms with Crippen molar-refractivity contribution in [3.8, 4) is 11.5 Å². The fraction of sp³-hybridized carbons (Fsp3) is 0.647. The zero-order valence-electron chi connectivity index (χ0n) is 13.3. The Kier molecular flexibility index (Phi) is 5.18. The minimum atomic E-state index is -0.285. The van der Waals surface area contributed by atoms with E-state index in [0.717, 1.165) is 44.2 Å². The third kappa shape index (κ3) is 3.91. The second-order valence-electron chi connectivity index (χ2n) is 6.18. The quantitative estimate of drug-likeness (QED) is 0.830. The molecular weight excluding hydrogens is 280 g/mol. The van der Waals surface area contributed by atoms with Gasteiger partial charge in [0.2, 0.25) is 6.79 Å². The highest BCUT2D eigenvalue weighted by atomic mass is 16.7. The molecule has 2 aliphatic rings. The molecule has 2 aliphatic heterocycles. The Hall–Kier alpha value is -1.30. The summed E-state index contributed by atoms with van der Waals surface area (Å²) in [5, 5.41) is 10.3. The van der Waals surface area contributed by atoms with Crippen LogP contribution in [0.25, 0.3) is 0 Å². The lowest BCUT2D eigenvalue weighted by atomic mass is 10.1. The summed E-state index contributed by atoms with van der Waals surface area (Å²) in [5.41, 5.74) is 1.19. The topological polar surface area (TPSA) is 45.2 Å². The molecule has 0 aliphatic carbocycles. The summed E-state index contributed by atoms with van der Waals surface area (Å²) in [5.74, 6) is 1.65. The van der Waals surface area contributed by atoms with Gasteiger partial charge < -0.3 is 19.5 Å². The summed E-state index contributed by atoms with van der Waals surface area (Å²) < 4.78 is 10.8. The van der Waals surface area contributed by atoms with Crippen LogP contribution in [0.2, 0.25) is 0 Å². The van der Waals surface area contributed by atoms with Crippen molar-refractivity contribution >= 4 is 0 Å². The minimum absolute atomic E-state index is 0.285. The van der Waals surface area contributed by atoms with Gasteiger partial charge in [-0.3, -0.25) is 4.90 Å². The number of likely N-dealkylation sites (tertiary alicyclic amines) is 1. The van der Waals surface area contributed by atoms with Crippen LogP contribution in [0.15, 0.2) is 18.2 Å². The standard InChI is InChI=1S/C17H26N2O3/c1-2-18(11-15(20)12-19-7-3-4-8-19)10-14-5-6-16-17(9-14)22-13-21-16/h5-6,9,15,20H,2-4,7-8,10-13H2,1H3/t15-/m0/s1. The lowest BCUT2D eigenvalue weighted by Gasteiger charge is -2.26. The average Bonchev–Trinajstić information content (AvgIpc) is 3.17. The number of likely N-dealkylation sites (N-methyl/N-ethyl adjacent to an activating group) is 1. The third-order valence-corrected chi connectivity index (χ3v) is 4.43. The van der Waals surface area contributed by atoms with Crippen LogP contribution < -0.4 is 9.47 Å². The molecule has 5 heteroatoms. The smallest absolute Gasteiger partial charge is 0.231 e. The van der Waals surface area contributed by atoms with Crippen LogP contribution in [0.1, 0.15) is 25.3 Å². The van der Waals surface area contributed by atoms with E-state index < -0.39 is 0 Å². The average molecular weight is 306 g/mol. The summed E-state index contributed by atoms with van der Waals surface area (Å²) in [4.78, 5) is 4.64. The molecule has 0 radical (unpaired) electrons. The highest BCUT2D eigenvalue weighted by Crippen LogP contribution is 2.32.